The third kappa shape index (κ3) is 3.50. The Hall–Kier alpha value is -0.0400. The molecule has 1 heterocycles. The van der Waals surface area contributed by atoms with E-state index in [1.54, 1.807) is 0 Å². The van der Waals surface area contributed by atoms with Crippen LogP contribution in [0.2, 0.25) is 0 Å². The Labute approximate surface area is 114 Å². The summed E-state index contributed by atoms with van der Waals surface area (Å²) < 4.78 is 0. The van der Waals surface area contributed by atoms with Crippen LogP contribution in [-0.4, -0.2) is 24.0 Å². The Morgan fingerprint density at radius 3 is 2.22 bits per heavy atom. The molecule has 2 rings (SSSR count). The Kier molecular flexibility index (Phi) is 5.12. The molecule has 0 spiro atoms. The Morgan fingerprint density at radius 1 is 1.11 bits per heavy atom. The molecule has 0 amide bonds. The molecule has 0 bridgehead atoms. The van der Waals surface area contributed by atoms with Crippen LogP contribution in [-0.2, 0) is 0 Å². The largest absolute Gasteiger partial charge is 0.300 e. The van der Waals surface area contributed by atoms with Gasteiger partial charge in [0.15, 0.2) is 0 Å². The van der Waals surface area contributed by atoms with Crippen molar-refractivity contribution in [3.05, 3.63) is 0 Å². The molecular weight excluding hydrogens is 218 g/mol. The highest BCUT2D eigenvalue weighted by molar-refractivity contribution is 4.90. The third-order valence-electron chi connectivity index (χ3n) is 5.48. The lowest BCUT2D eigenvalue weighted by Gasteiger charge is -2.47. The molecule has 0 N–H and O–H groups in total. The highest BCUT2D eigenvalue weighted by Crippen LogP contribution is 2.42. The van der Waals surface area contributed by atoms with E-state index in [1.165, 1.54) is 70.9 Å². The average molecular weight is 251 g/mol. The van der Waals surface area contributed by atoms with Gasteiger partial charge >= 0.3 is 0 Å². The first-order chi connectivity index (χ1) is 8.65. The van der Waals surface area contributed by atoms with Crippen LogP contribution in [0.3, 0.4) is 0 Å². The summed E-state index contributed by atoms with van der Waals surface area (Å²) in [7, 11) is 0. The Bertz CT molecular complexity index is 234. The van der Waals surface area contributed by atoms with Crippen LogP contribution >= 0.6 is 0 Å². The average Bonchev–Trinajstić information content (AvgIpc) is 2.28. The zero-order valence-corrected chi connectivity index (χ0v) is 12.9. The van der Waals surface area contributed by atoms with E-state index in [4.69, 9.17) is 0 Å². The zero-order valence-electron chi connectivity index (χ0n) is 12.9. The number of hydrogen-bond acceptors (Lipinski definition) is 1. The second-order valence-electron chi connectivity index (χ2n) is 7.30. The summed E-state index contributed by atoms with van der Waals surface area (Å²) in [4.78, 5) is 2.80. The lowest BCUT2D eigenvalue weighted by atomic mass is 9.70. The molecule has 2 fully saturated rings. The zero-order chi connectivity index (χ0) is 13.0. The first-order valence-electron chi connectivity index (χ1n) is 8.39. The molecule has 1 aliphatic heterocycles. The van der Waals surface area contributed by atoms with Crippen molar-refractivity contribution < 1.29 is 0 Å². The number of likely N-dealkylation sites (tertiary alicyclic amines) is 1. The summed E-state index contributed by atoms with van der Waals surface area (Å²) in [5, 5.41) is 0. The van der Waals surface area contributed by atoms with Crippen molar-refractivity contribution in [3.63, 3.8) is 0 Å². The first-order valence-corrected chi connectivity index (χ1v) is 8.39. The van der Waals surface area contributed by atoms with Crippen LogP contribution in [0.1, 0.15) is 78.6 Å². The molecular formula is C17H33N. The normalized spacial score (nSPS) is 25.3. The van der Waals surface area contributed by atoms with Crippen molar-refractivity contribution in [2.45, 2.75) is 84.6 Å². The minimum Gasteiger partial charge on any atom is -0.300 e. The van der Waals surface area contributed by atoms with Gasteiger partial charge in [-0.25, -0.2) is 0 Å². The summed E-state index contributed by atoms with van der Waals surface area (Å²) in [5.41, 5.74) is 0.708. The summed E-state index contributed by atoms with van der Waals surface area (Å²) in [6, 6.07) is 0.967. The van der Waals surface area contributed by atoms with Crippen molar-refractivity contribution >= 4 is 0 Å². The molecule has 0 unspecified atom stereocenters. The number of rotatable bonds is 6. The molecule has 0 aromatic carbocycles. The van der Waals surface area contributed by atoms with Crippen LogP contribution in [0.25, 0.3) is 0 Å². The van der Waals surface area contributed by atoms with E-state index in [-0.39, 0.29) is 0 Å². The van der Waals surface area contributed by atoms with Crippen molar-refractivity contribution in [1.82, 2.24) is 4.90 Å². The lowest BCUT2D eigenvalue weighted by molar-refractivity contribution is 0.0310. The Morgan fingerprint density at radius 2 is 1.78 bits per heavy atom. The molecule has 18 heavy (non-hydrogen) atoms. The van der Waals surface area contributed by atoms with Crippen LogP contribution in [0.5, 0.6) is 0 Å². The monoisotopic (exact) mass is 251 g/mol. The predicted octanol–water partition coefficient (Wildman–Crippen LogP) is 4.86. The lowest BCUT2D eigenvalue weighted by Crippen LogP contribution is -2.47. The van der Waals surface area contributed by atoms with E-state index in [1.807, 2.05) is 0 Å². The van der Waals surface area contributed by atoms with E-state index in [2.05, 4.69) is 25.7 Å². The van der Waals surface area contributed by atoms with Gasteiger partial charge in [0.1, 0.15) is 0 Å². The van der Waals surface area contributed by atoms with Gasteiger partial charge in [-0.2, -0.15) is 0 Å². The molecule has 0 aromatic heterocycles. The summed E-state index contributed by atoms with van der Waals surface area (Å²) >= 11 is 0. The van der Waals surface area contributed by atoms with Crippen molar-refractivity contribution in [2.24, 2.45) is 11.3 Å². The van der Waals surface area contributed by atoms with Gasteiger partial charge < -0.3 is 4.90 Å². The van der Waals surface area contributed by atoms with Gasteiger partial charge in [0.2, 0.25) is 0 Å². The van der Waals surface area contributed by atoms with Crippen LogP contribution in [0, 0.1) is 11.3 Å². The molecule has 1 saturated carbocycles. The van der Waals surface area contributed by atoms with E-state index in [0.717, 1.165) is 12.0 Å². The molecule has 106 valence electrons. The first kappa shape index (κ1) is 14.4. The fraction of sp³-hybridized carbons (Fsp3) is 1.00. The number of hydrogen-bond donors (Lipinski definition) is 0. The molecule has 1 heteroatoms. The standard InChI is InChI=1S/C17H33N/c1-4-9-17(10-8-15(2)3)11-13-18(14-12-17)16-6-5-7-16/h15-16H,4-14H2,1-3H3. The Balaban J connectivity index is 1.83. The maximum Gasteiger partial charge on any atom is 0.00952 e. The SMILES string of the molecule is CCCC1(CCC(C)C)CCN(C2CCC2)CC1. The van der Waals surface area contributed by atoms with Crippen LogP contribution in [0.4, 0.5) is 0 Å². The van der Waals surface area contributed by atoms with Crippen LogP contribution < -0.4 is 0 Å². The van der Waals surface area contributed by atoms with E-state index in [0.29, 0.717) is 5.41 Å². The maximum atomic E-state index is 2.80. The second-order valence-corrected chi connectivity index (χ2v) is 7.30. The molecule has 1 saturated heterocycles. The topological polar surface area (TPSA) is 3.24 Å². The van der Waals surface area contributed by atoms with Gasteiger partial charge in [-0.05, 0) is 62.9 Å². The van der Waals surface area contributed by atoms with Gasteiger partial charge in [0.25, 0.3) is 0 Å². The van der Waals surface area contributed by atoms with Crippen molar-refractivity contribution in [1.29, 1.82) is 0 Å². The third-order valence-corrected chi connectivity index (χ3v) is 5.48. The number of nitrogens with zero attached hydrogens (tertiary/aromatic N) is 1. The molecule has 2 aliphatic rings. The van der Waals surface area contributed by atoms with Gasteiger partial charge in [0, 0.05) is 6.04 Å². The van der Waals surface area contributed by atoms with E-state index >= 15 is 0 Å². The second kappa shape index (κ2) is 6.41. The molecule has 0 atom stereocenters. The number of piperidine rings is 1. The van der Waals surface area contributed by atoms with Crippen molar-refractivity contribution in [2.75, 3.05) is 13.1 Å². The van der Waals surface area contributed by atoms with E-state index < -0.39 is 0 Å². The summed E-state index contributed by atoms with van der Waals surface area (Å²) in [5.74, 6) is 0.878. The maximum absolute atomic E-state index is 2.80. The van der Waals surface area contributed by atoms with Gasteiger partial charge in [-0.15, -0.1) is 0 Å². The van der Waals surface area contributed by atoms with Gasteiger partial charge in [0.05, 0.1) is 0 Å². The summed E-state index contributed by atoms with van der Waals surface area (Å²) in [6.07, 6.45) is 13.2. The minimum absolute atomic E-state index is 0.708. The highest BCUT2D eigenvalue weighted by atomic mass is 15.2. The van der Waals surface area contributed by atoms with Gasteiger partial charge in [-0.3, -0.25) is 0 Å². The van der Waals surface area contributed by atoms with Crippen molar-refractivity contribution in [3.8, 4) is 0 Å². The molecule has 1 nitrogen and oxygen atoms in total. The molecule has 0 radical (unpaired) electrons. The smallest absolute Gasteiger partial charge is 0.00952 e. The van der Waals surface area contributed by atoms with Gasteiger partial charge in [-0.1, -0.05) is 40.0 Å². The highest BCUT2D eigenvalue weighted by Gasteiger charge is 2.36. The van der Waals surface area contributed by atoms with E-state index in [9.17, 15) is 0 Å². The fourth-order valence-electron chi connectivity index (χ4n) is 3.87. The predicted molar refractivity (Wildman–Crippen MR) is 79.9 cm³/mol. The van der Waals surface area contributed by atoms with Crippen LogP contribution in [0.15, 0.2) is 0 Å². The minimum atomic E-state index is 0.708. The quantitative estimate of drug-likeness (QED) is 0.652. The fourth-order valence-corrected chi connectivity index (χ4v) is 3.87. The molecule has 0 aromatic rings. The summed E-state index contributed by atoms with van der Waals surface area (Å²) in [6.45, 7) is 9.91. The molecule has 1 aliphatic carbocycles.